The van der Waals surface area contributed by atoms with Gasteiger partial charge in [-0.1, -0.05) is 48.2 Å². The van der Waals surface area contributed by atoms with Gasteiger partial charge in [-0.05, 0) is 65.9 Å². The van der Waals surface area contributed by atoms with Gasteiger partial charge >= 0.3 is 0 Å². The van der Waals surface area contributed by atoms with Crippen LogP contribution in [-0.2, 0) is 4.79 Å². The van der Waals surface area contributed by atoms with Crippen LogP contribution in [0.1, 0.15) is 6.92 Å². The van der Waals surface area contributed by atoms with Gasteiger partial charge in [0.25, 0.3) is 0 Å². The molecule has 4 rings (SSSR count). The summed E-state index contributed by atoms with van der Waals surface area (Å²) in [5.74, 6) is 1.32. The lowest BCUT2D eigenvalue weighted by Crippen LogP contribution is -2.22. The largest absolute Gasteiger partial charge is 0.457 e. The molecule has 0 aliphatic heterocycles. The van der Waals surface area contributed by atoms with Crippen LogP contribution in [0.5, 0.6) is 11.5 Å². The van der Waals surface area contributed by atoms with Gasteiger partial charge in [0.15, 0.2) is 0 Å². The molecular formula is C22H19N5O2S. The van der Waals surface area contributed by atoms with E-state index in [4.69, 9.17) is 4.74 Å². The Morgan fingerprint density at radius 3 is 2.27 bits per heavy atom. The summed E-state index contributed by atoms with van der Waals surface area (Å²) >= 11 is 1.29. The summed E-state index contributed by atoms with van der Waals surface area (Å²) in [5, 5.41) is 14.9. The van der Waals surface area contributed by atoms with Crippen molar-refractivity contribution in [2.75, 3.05) is 5.32 Å². The van der Waals surface area contributed by atoms with Gasteiger partial charge in [0.05, 0.1) is 10.9 Å². The van der Waals surface area contributed by atoms with E-state index >= 15 is 0 Å². The molecule has 1 heterocycles. The number of hydrogen-bond donors (Lipinski definition) is 1. The van der Waals surface area contributed by atoms with Crippen LogP contribution in [0.25, 0.3) is 5.69 Å². The Bertz CT molecular complexity index is 1100. The molecule has 1 N–H and O–H groups in total. The first-order valence-corrected chi connectivity index (χ1v) is 10.2. The molecule has 1 unspecified atom stereocenters. The van der Waals surface area contributed by atoms with E-state index in [2.05, 4.69) is 20.8 Å². The van der Waals surface area contributed by atoms with Gasteiger partial charge in [-0.15, -0.1) is 5.10 Å². The zero-order valence-electron chi connectivity index (χ0n) is 16.2. The van der Waals surface area contributed by atoms with Crippen LogP contribution in [0.2, 0.25) is 0 Å². The summed E-state index contributed by atoms with van der Waals surface area (Å²) in [7, 11) is 0. The number of tetrazole rings is 1. The third kappa shape index (κ3) is 4.84. The van der Waals surface area contributed by atoms with E-state index in [0.29, 0.717) is 16.6 Å². The SMILES string of the molecule is CC(Sc1nnnn1-c1ccccc1)C(=O)Nc1ccc(Oc2ccccc2)cc1. The Balaban J connectivity index is 1.37. The van der Waals surface area contributed by atoms with Crippen molar-refractivity contribution in [3.8, 4) is 17.2 Å². The van der Waals surface area contributed by atoms with Crippen LogP contribution in [0.3, 0.4) is 0 Å². The lowest BCUT2D eigenvalue weighted by Gasteiger charge is -2.12. The molecular weight excluding hydrogens is 398 g/mol. The second-order valence-corrected chi connectivity index (χ2v) is 7.71. The van der Waals surface area contributed by atoms with Gasteiger partial charge < -0.3 is 10.1 Å². The van der Waals surface area contributed by atoms with Gasteiger partial charge in [0.2, 0.25) is 11.1 Å². The lowest BCUT2D eigenvalue weighted by atomic mass is 10.3. The Morgan fingerprint density at radius 2 is 1.57 bits per heavy atom. The number of carbonyl (C=O) groups excluding carboxylic acids is 1. The van der Waals surface area contributed by atoms with Gasteiger partial charge in [0.1, 0.15) is 11.5 Å². The van der Waals surface area contributed by atoms with Crippen LogP contribution < -0.4 is 10.1 Å². The maximum Gasteiger partial charge on any atom is 0.237 e. The summed E-state index contributed by atoms with van der Waals surface area (Å²) in [5.41, 5.74) is 1.53. The Morgan fingerprint density at radius 1 is 0.933 bits per heavy atom. The number of aromatic nitrogens is 4. The van der Waals surface area contributed by atoms with E-state index in [1.807, 2.05) is 91.9 Å². The molecule has 0 aliphatic carbocycles. The highest BCUT2D eigenvalue weighted by molar-refractivity contribution is 8.00. The number of anilines is 1. The van der Waals surface area contributed by atoms with Gasteiger partial charge in [-0.2, -0.15) is 4.68 Å². The van der Waals surface area contributed by atoms with Crippen molar-refractivity contribution < 1.29 is 9.53 Å². The van der Waals surface area contributed by atoms with Gasteiger partial charge in [-0.25, -0.2) is 0 Å². The molecule has 0 radical (unpaired) electrons. The average molecular weight is 417 g/mol. The number of hydrogen-bond acceptors (Lipinski definition) is 6. The zero-order chi connectivity index (χ0) is 20.8. The number of carbonyl (C=O) groups is 1. The first-order chi connectivity index (χ1) is 14.7. The van der Waals surface area contributed by atoms with Crippen LogP contribution in [-0.4, -0.2) is 31.4 Å². The van der Waals surface area contributed by atoms with E-state index in [1.165, 1.54) is 11.8 Å². The predicted octanol–water partition coefficient (Wildman–Crippen LogP) is 4.57. The number of amides is 1. The number of nitrogens with zero attached hydrogens (tertiary/aromatic N) is 4. The second-order valence-electron chi connectivity index (χ2n) is 6.40. The lowest BCUT2D eigenvalue weighted by molar-refractivity contribution is -0.115. The zero-order valence-corrected chi connectivity index (χ0v) is 17.0. The predicted molar refractivity (Wildman–Crippen MR) is 116 cm³/mol. The van der Waals surface area contributed by atoms with E-state index < -0.39 is 5.25 Å². The standard InChI is InChI=1S/C22H19N5O2S/c1-16(30-22-24-25-26-27(22)18-8-4-2-5-9-18)21(28)23-17-12-14-20(15-13-17)29-19-10-6-3-7-11-19/h2-16H,1H3,(H,23,28). The molecule has 7 nitrogen and oxygen atoms in total. The van der Waals surface area contributed by atoms with E-state index in [0.717, 1.165) is 11.4 Å². The Hall–Kier alpha value is -3.65. The van der Waals surface area contributed by atoms with Crippen LogP contribution in [0.15, 0.2) is 90.1 Å². The van der Waals surface area contributed by atoms with Crippen molar-refractivity contribution in [3.05, 3.63) is 84.9 Å². The molecule has 0 aliphatic rings. The normalized spacial score (nSPS) is 11.6. The molecule has 1 amide bonds. The minimum Gasteiger partial charge on any atom is -0.457 e. The highest BCUT2D eigenvalue weighted by Gasteiger charge is 2.19. The molecule has 30 heavy (non-hydrogen) atoms. The first-order valence-electron chi connectivity index (χ1n) is 9.33. The van der Waals surface area contributed by atoms with Crippen molar-refractivity contribution in [1.29, 1.82) is 0 Å². The molecule has 1 aromatic heterocycles. The van der Waals surface area contributed by atoms with E-state index in [-0.39, 0.29) is 5.91 Å². The summed E-state index contributed by atoms with van der Waals surface area (Å²) in [6, 6.07) is 26.3. The van der Waals surface area contributed by atoms with Crippen LogP contribution >= 0.6 is 11.8 Å². The average Bonchev–Trinajstić information content (AvgIpc) is 3.24. The number of nitrogens with one attached hydrogen (secondary N) is 1. The topological polar surface area (TPSA) is 81.9 Å². The van der Waals surface area contributed by atoms with Crippen molar-refractivity contribution >= 4 is 23.4 Å². The third-order valence-electron chi connectivity index (χ3n) is 4.19. The fraction of sp³-hybridized carbons (Fsp3) is 0.0909. The first kappa shape index (κ1) is 19.7. The minimum atomic E-state index is -0.390. The molecule has 0 spiro atoms. The number of benzene rings is 3. The quantitative estimate of drug-likeness (QED) is 0.444. The van der Waals surface area contributed by atoms with Gasteiger partial charge in [0, 0.05) is 5.69 Å². The molecule has 8 heteroatoms. The van der Waals surface area contributed by atoms with E-state index in [1.54, 1.807) is 4.68 Å². The van der Waals surface area contributed by atoms with Gasteiger partial charge in [-0.3, -0.25) is 4.79 Å². The third-order valence-corrected chi connectivity index (χ3v) is 5.23. The molecule has 1 atom stereocenters. The van der Waals surface area contributed by atoms with Crippen molar-refractivity contribution in [2.24, 2.45) is 0 Å². The van der Waals surface area contributed by atoms with E-state index in [9.17, 15) is 4.79 Å². The van der Waals surface area contributed by atoms with Crippen LogP contribution in [0, 0.1) is 0 Å². The molecule has 4 aromatic rings. The number of ether oxygens (including phenoxy) is 1. The maximum atomic E-state index is 12.6. The highest BCUT2D eigenvalue weighted by Crippen LogP contribution is 2.25. The maximum absolute atomic E-state index is 12.6. The monoisotopic (exact) mass is 417 g/mol. The Kier molecular flexibility index (Phi) is 6.05. The smallest absolute Gasteiger partial charge is 0.237 e. The number of rotatable bonds is 7. The minimum absolute atomic E-state index is 0.140. The highest BCUT2D eigenvalue weighted by atomic mass is 32.2. The summed E-state index contributed by atoms with van der Waals surface area (Å²) in [4.78, 5) is 12.6. The summed E-state index contributed by atoms with van der Waals surface area (Å²) in [6.07, 6.45) is 0. The molecule has 0 saturated heterocycles. The van der Waals surface area contributed by atoms with Crippen LogP contribution in [0.4, 0.5) is 5.69 Å². The molecule has 3 aromatic carbocycles. The fourth-order valence-electron chi connectivity index (χ4n) is 2.67. The second kappa shape index (κ2) is 9.23. The van der Waals surface area contributed by atoms with Crippen molar-refractivity contribution in [1.82, 2.24) is 20.2 Å². The molecule has 0 saturated carbocycles. The fourth-order valence-corrected chi connectivity index (χ4v) is 3.48. The summed E-state index contributed by atoms with van der Waals surface area (Å²) in [6.45, 7) is 1.82. The van der Waals surface area contributed by atoms with Crippen molar-refractivity contribution in [3.63, 3.8) is 0 Å². The van der Waals surface area contributed by atoms with Crippen molar-refractivity contribution in [2.45, 2.75) is 17.3 Å². The number of thioether (sulfide) groups is 1. The molecule has 0 fully saturated rings. The Labute approximate surface area is 178 Å². The summed E-state index contributed by atoms with van der Waals surface area (Å²) < 4.78 is 7.38. The number of para-hydroxylation sites is 2. The molecule has 150 valence electrons. The molecule has 0 bridgehead atoms.